The number of aromatic nitrogens is 6. The molecule has 3 rings (SSSR count). The largest absolute Gasteiger partial charge is 0.379 e. The molecule has 0 fully saturated rings. The van der Waals surface area contributed by atoms with E-state index < -0.39 is 0 Å². The Labute approximate surface area is 82.7 Å². The molecule has 8 heteroatoms. The quantitative estimate of drug-likeness (QED) is 0.581. The summed E-state index contributed by atoms with van der Waals surface area (Å²) >= 11 is 0. The molecule has 3 aromatic rings. The van der Waals surface area contributed by atoms with Gasteiger partial charge in [0.15, 0.2) is 17.2 Å². The molecule has 0 aliphatic rings. The zero-order valence-corrected chi connectivity index (χ0v) is 7.40. The van der Waals surface area contributed by atoms with E-state index in [2.05, 4.69) is 30.2 Å². The molecule has 8 nitrogen and oxygen atoms in total. The van der Waals surface area contributed by atoms with E-state index in [-0.39, 0.29) is 5.82 Å². The number of nitrogen functional groups attached to an aromatic ring is 1. The topological polar surface area (TPSA) is 108 Å². The molecule has 0 amide bonds. The maximum absolute atomic E-state index is 5.55. The highest BCUT2D eigenvalue weighted by molar-refractivity contribution is 5.64. The van der Waals surface area contributed by atoms with E-state index >= 15 is 0 Å². The fourth-order valence-corrected chi connectivity index (χ4v) is 1.24. The van der Waals surface area contributed by atoms with E-state index in [0.717, 1.165) is 0 Å². The first-order valence-electron chi connectivity index (χ1n) is 4.11. The van der Waals surface area contributed by atoms with Crippen molar-refractivity contribution in [3.63, 3.8) is 0 Å². The van der Waals surface area contributed by atoms with Gasteiger partial charge in [-0.15, -0.1) is 10.2 Å². The predicted octanol–water partition coefficient (Wildman–Crippen LogP) is -0.244. The number of hydrogen-bond donors (Lipinski definition) is 1. The zero-order valence-electron chi connectivity index (χ0n) is 7.40. The highest BCUT2D eigenvalue weighted by atomic mass is 16.6. The van der Waals surface area contributed by atoms with Crippen molar-refractivity contribution in [2.75, 3.05) is 5.73 Å². The molecule has 0 unspecified atom stereocenters. The SMILES string of the molecule is Nc1nonc1-c1nnc2cccnn12. The van der Waals surface area contributed by atoms with Gasteiger partial charge >= 0.3 is 0 Å². The molecule has 0 radical (unpaired) electrons. The van der Waals surface area contributed by atoms with E-state index in [9.17, 15) is 0 Å². The Balaban J connectivity index is 2.32. The Morgan fingerprint density at radius 3 is 3.00 bits per heavy atom. The number of anilines is 1. The van der Waals surface area contributed by atoms with Gasteiger partial charge < -0.3 is 5.73 Å². The monoisotopic (exact) mass is 203 g/mol. The second kappa shape index (κ2) is 2.74. The van der Waals surface area contributed by atoms with Gasteiger partial charge in [-0.25, -0.2) is 4.63 Å². The minimum atomic E-state index is 0.162. The Hall–Kier alpha value is -2.51. The Morgan fingerprint density at radius 1 is 1.27 bits per heavy atom. The summed E-state index contributed by atoms with van der Waals surface area (Å²) in [5.74, 6) is 0.569. The summed E-state index contributed by atoms with van der Waals surface area (Å²) in [5, 5.41) is 19.0. The van der Waals surface area contributed by atoms with Crippen LogP contribution in [0.4, 0.5) is 5.82 Å². The molecule has 0 aliphatic heterocycles. The van der Waals surface area contributed by atoms with Crippen molar-refractivity contribution in [3.8, 4) is 11.5 Å². The molecule has 2 N–H and O–H groups in total. The first kappa shape index (κ1) is 7.85. The molecule has 3 aromatic heterocycles. The molecule has 74 valence electrons. The summed E-state index contributed by atoms with van der Waals surface area (Å²) in [5.41, 5.74) is 6.49. The molecule has 0 bridgehead atoms. The van der Waals surface area contributed by atoms with E-state index in [1.54, 1.807) is 18.3 Å². The number of nitrogens with zero attached hydrogens (tertiary/aromatic N) is 6. The van der Waals surface area contributed by atoms with Crippen molar-refractivity contribution in [1.29, 1.82) is 0 Å². The summed E-state index contributed by atoms with van der Waals surface area (Å²) in [6, 6.07) is 3.53. The van der Waals surface area contributed by atoms with Gasteiger partial charge in [-0.05, 0) is 22.4 Å². The van der Waals surface area contributed by atoms with Crippen LogP contribution in [0.25, 0.3) is 17.2 Å². The molecular formula is C7H5N7O. The van der Waals surface area contributed by atoms with Crippen LogP contribution in [0.5, 0.6) is 0 Å². The molecule has 0 saturated carbocycles. The van der Waals surface area contributed by atoms with Crippen molar-refractivity contribution in [3.05, 3.63) is 18.3 Å². The van der Waals surface area contributed by atoms with Gasteiger partial charge in [0.1, 0.15) is 0 Å². The first-order chi connectivity index (χ1) is 7.36. The van der Waals surface area contributed by atoms with Crippen LogP contribution in [0.3, 0.4) is 0 Å². The van der Waals surface area contributed by atoms with Crippen molar-refractivity contribution in [1.82, 2.24) is 30.1 Å². The van der Waals surface area contributed by atoms with E-state index in [0.29, 0.717) is 17.2 Å². The average molecular weight is 203 g/mol. The summed E-state index contributed by atoms with van der Waals surface area (Å²) < 4.78 is 5.99. The Kier molecular flexibility index (Phi) is 1.43. The third-order valence-corrected chi connectivity index (χ3v) is 1.90. The van der Waals surface area contributed by atoms with Crippen LogP contribution in [0.15, 0.2) is 23.0 Å². The van der Waals surface area contributed by atoms with E-state index in [1.165, 1.54) is 4.52 Å². The molecular weight excluding hydrogens is 198 g/mol. The molecule has 0 atom stereocenters. The van der Waals surface area contributed by atoms with Gasteiger partial charge in [-0.3, -0.25) is 0 Å². The van der Waals surface area contributed by atoms with Crippen LogP contribution >= 0.6 is 0 Å². The second-order valence-electron chi connectivity index (χ2n) is 2.82. The Bertz CT molecular complexity index is 612. The van der Waals surface area contributed by atoms with Crippen LogP contribution < -0.4 is 5.73 Å². The summed E-state index contributed by atoms with van der Waals surface area (Å²) in [7, 11) is 0. The van der Waals surface area contributed by atoms with Gasteiger partial charge in [-0.1, -0.05) is 0 Å². The van der Waals surface area contributed by atoms with Gasteiger partial charge in [0, 0.05) is 6.20 Å². The average Bonchev–Trinajstić information content (AvgIpc) is 2.83. The van der Waals surface area contributed by atoms with Crippen LogP contribution in [-0.2, 0) is 0 Å². The lowest BCUT2D eigenvalue weighted by Gasteiger charge is -1.92. The minimum Gasteiger partial charge on any atom is -0.379 e. The number of fused-ring (bicyclic) bond motifs is 1. The Morgan fingerprint density at radius 2 is 2.20 bits per heavy atom. The van der Waals surface area contributed by atoms with Gasteiger partial charge in [0.2, 0.25) is 5.82 Å². The molecule has 0 aliphatic carbocycles. The van der Waals surface area contributed by atoms with Crippen molar-refractivity contribution in [2.45, 2.75) is 0 Å². The normalized spacial score (nSPS) is 10.9. The molecule has 0 aromatic carbocycles. The predicted molar refractivity (Wildman–Crippen MR) is 48.5 cm³/mol. The van der Waals surface area contributed by atoms with Crippen molar-refractivity contribution in [2.24, 2.45) is 0 Å². The summed E-state index contributed by atoms with van der Waals surface area (Å²) in [6.07, 6.45) is 1.61. The standard InChI is InChI=1S/C7H5N7O/c8-6-5(12-15-13-6)7-11-10-4-2-1-3-9-14(4)7/h1-3H,(H2,8,13). The van der Waals surface area contributed by atoms with Gasteiger partial charge in [-0.2, -0.15) is 9.61 Å². The fourth-order valence-electron chi connectivity index (χ4n) is 1.24. The smallest absolute Gasteiger partial charge is 0.211 e. The lowest BCUT2D eigenvalue weighted by molar-refractivity contribution is 0.310. The maximum Gasteiger partial charge on any atom is 0.211 e. The van der Waals surface area contributed by atoms with Gasteiger partial charge in [0.05, 0.1) is 0 Å². The van der Waals surface area contributed by atoms with Crippen molar-refractivity contribution < 1.29 is 4.63 Å². The highest BCUT2D eigenvalue weighted by Gasteiger charge is 2.16. The number of hydrogen-bond acceptors (Lipinski definition) is 7. The summed E-state index contributed by atoms with van der Waals surface area (Å²) in [4.78, 5) is 0. The molecule has 0 saturated heterocycles. The third kappa shape index (κ3) is 1.04. The van der Waals surface area contributed by atoms with Crippen LogP contribution in [0.1, 0.15) is 0 Å². The fraction of sp³-hybridized carbons (Fsp3) is 0. The highest BCUT2D eigenvalue weighted by Crippen LogP contribution is 2.19. The second-order valence-corrected chi connectivity index (χ2v) is 2.82. The van der Waals surface area contributed by atoms with Gasteiger partial charge in [0.25, 0.3) is 0 Å². The van der Waals surface area contributed by atoms with Crippen LogP contribution in [0.2, 0.25) is 0 Å². The molecule has 15 heavy (non-hydrogen) atoms. The number of rotatable bonds is 1. The molecule has 0 spiro atoms. The van der Waals surface area contributed by atoms with E-state index in [4.69, 9.17) is 5.73 Å². The number of nitrogens with two attached hydrogens (primary N) is 1. The lowest BCUT2D eigenvalue weighted by atomic mass is 10.4. The van der Waals surface area contributed by atoms with Crippen LogP contribution in [0, 0.1) is 0 Å². The van der Waals surface area contributed by atoms with Crippen LogP contribution in [-0.4, -0.2) is 30.1 Å². The lowest BCUT2D eigenvalue weighted by Crippen LogP contribution is -1.96. The van der Waals surface area contributed by atoms with E-state index in [1.807, 2.05) is 0 Å². The third-order valence-electron chi connectivity index (χ3n) is 1.90. The summed E-state index contributed by atoms with van der Waals surface area (Å²) in [6.45, 7) is 0. The molecule has 3 heterocycles. The van der Waals surface area contributed by atoms with Crippen molar-refractivity contribution >= 4 is 11.5 Å². The first-order valence-corrected chi connectivity index (χ1v) is 4.11. The minimum absolute atomic E-state index is 0.162. The maximum atomic E-state index is 5.55. The zero-order chi connectivity index (χ0) is 10.3.